The highest BCUT2D eigenvalue weighted by atomic mass is 32.2. The second-order valence-electron chi connectivity index (χ2n) is 9.01. The van der Waals surface area contributed by atoms with Gasteiger partial charge in [-0.2, -0.15) is 21.6 Å². The van der Waals surface area contributed by atoms with Gasteiger partial charge < -0.3 is 0 Å². The summed E-state index contributed by atoms with van der Waals surface area (Å²) in [5.41, 5.74) is -5.34. The van der Waals surface area contributed by atoms with E-state index in [9.17, 15) is 21.6 Å². The zero-order chi connectivity index (χ0) is 21.8. The number of alkyl halides is 3. The molecule has 0 saturated heterocycles. The van der Waals surface area contributed by atoms with Crippen LogP contribution >= 0.6 is 0 Å². The highest BCUT2D eigenvalue weighted by Crippen LogP contribution is 2.26. The first-order valence-electron chi connectivity index (χ1n) is 10.8. The summed E-state index contributed by atoms with van der Waals surface area (Å²) >= 11 is 0. The minimum Gasteiger partial charge on any atom is -0.263 e. The fraction of sp³-hybridized carbons (Fsp3) is 1.00. The van der Waals surface area contributed by atoms with E-state index < -0.39 is 22.2 Å². The van der Waals surface area contributed by atoms with Crippen molar-refractivity contribution in [2.75, 3.05) is 6.61 Å². The van der Waals surface area contributed by atoms with E-state index in [1.165, 1.54) is 38.5 Å². The molecule has 0 amide bonds. The smallest absolute Gasteiger partial charge is 0.263 e. The molecule has 3 nitrogen and oxygen atoms in total. The zero-order valence-corrected chi connectivity index (χ0v) is 19.2. The Balaban J connectivity index is 3.76. The van der Waals surface area contributed by atoms with Gasteiger partial charge in [0.2, 0.25) is 0 Å². The monoisotopic (exact) mass is 430 g/mol. The third-order valence-corrected chi connectivity index (χ3v) is 6.44. The van der Waals surface area contributed by atoms with Crippen molar-refractivity contribution in [2.24, 2.45) is 23.7 Å². The van der Waals surface area contributed by atoms with Crippen LogP contribution in [-0.2, 0) is 14.3 Å². The second kappa shape index (κ2) is 13.8. The van der Waals surface area contributed by atoms with E-state index in [0.717, 1.165) is 31.1 Å². The Kier molecular flexibility index (Phi) is 13.7. The predicted octanol–water partition coefficient (Wildman–Crippen LogP) is 7.32. The minimum atomic E-state index is -5.46. The Morgan fingerprint density at radius 2 is 1.04 bits per heavy atom. The lowest BCUT2D eigenvalue weighted by Gasteiger charge is -2.16. The van der Waals surface area contributed by atoms with Gasteiger partial charge in [0.1, 0.15) is 0 Å². The first-order valence-corrected chi connectivity index (χ1v) is 12.2. The van der Waals surface area contributed by atoms with E-state index in [-0.39, 0.29) is 5.92 Å². The number of rotatable bonds is 16. The fourth-order valence-electron chi connectivity index (χ4n) is 3.36. The van der Waals surface area contributed by atoms with Crippen LogP contribution in [0.15, 0.2) is 0 Å². The Hall–Kier alpha value is -0.300. The topological polar surface area (TPSA) is 43.4 Å². The molecule has 0 rings (SSSR count). The molecule has 0 heterocycles. The van der Waals surface area contributed by atoms with E-state index in [0.29, 0.717) is 12.3 Å². The molecule has 0 spiro atoms. The minimum absolute atomic E-state index is 0.150. The molecule has 0 aromatic carbocycles. The SMILES string of the molecule is CC(C)CCCC(C)CCCC(C)CCCC(C)CCOS(=O)(=O)C(F)(F)F. The first kappa shape index (κ1) is 27.7. The van der Waals surface area contributed by atoms with Gasteiger partial charge in [0, 0.05) is 0 Å². The van der Waals surface area contributed by atoms with Crippen molar-refractivity contribution in [3.05, 3.63) is 0 Å². The van der Waals surface area contributed by atoms with Crippen LogP contribution in [0.3, 0.4) is 0 Å². The molecule has 0 bridgehead atoms. The van der Waals surface area contributed by atoms with Gasteiger partial charge in [0.05, 0.1) is 6.61 Å². The normalized spacial score (nSPS) is 16.3. The third-order valence-electron chi connectivity index (χ3n) is 5.40. The maximum absolute atomic E-state index is 12.2. The third kappa shape index (κ3) is 13.8. The Morgan fingerprint density at radius 1 is 0.679 bits per heavy atom. The van der Waals surface area contributed by atoms with Crippen molar-refractivity contribution in [3.8, 4) is 0 Å². The van der Waals surface area contributed by atoms with Gasteiger partial charge in [0.25, 0.3) is 0 Å². The van der Waals surface area contributed by atoms with E-state index in [2.05, 4.69) is 31.9 Å². The molecule has 0 aliphatic heterocycles. The van der Waals surface area contributed by atoms with Crippen molar-refractivity contribution < 1.29 is 25.8 Å². The van der Waals surface area contributed by atoms with Crippen molar-refractivity contribution >= 4 is 10.1 Å². The van der Waals surface area contributed by atoms with E-state index in [1.807, 2.05) is 6.92 Å². The molecule has 0 aromatic rings. The molecule has 0 aromatic heterocycles. The zero-order valence-electron chi connectivity index (χ0n) is 18.4. The second-order valence-corrected chi connectivity index (χ2v) is 10.6. The van der Waals surface area contributed by atoms with Crippen LogP contribution in [0.1, 0.15) is 98.8 Å². The van der Waals surface area contributed by atoms with Crippen molar-refractivity contribution in [3.63, 3.8) is 0 Å². The molecule has 0 saturated carbocycles. The van der Waals surface area contributed by atoms with Crippen molar-refractivity contribution in [1.29, 1.82) is 0 Å². The summed E-state index contributed by atoms with van der Waals surface area (Å²) in [4.78, 5) is 0. The summed E-state index contributed by atoms with van der Waals surface area (Å²) in [6, 6.07) is 0. The van der Waals surface area contributed by atoms with Crippen LogP contribution in [0.2, 0.25) is 0 Å². The number of hydrogen-bond acceptors (Lipinski definition) is 3. The first-order chi connectivity index (χ1) is 12.8. The quantitative estimate of drug-likeness (QED) is 0.190. The van der Waals surface area contributed by atoms with Gasteiger partial charge in [-0.15, -0.1) is 0 Å². The van der Waals surface area contributed by atoms with Gasteiger partial charge in [-0.1, -0.05) is 92.4 Å². The predicted molar refractivity (Wildman–Crippen MR) is 109 cm³/mol. The van der Waals surface area contributed by atoms with Crippen LogP contribution in [0.5, 0.6) is 0 Å². The molecular formula is C21H41F3O3S. The average molecular weight is 431 g/mol. The molecule has 3 atom stereocenters. The summed E-state index contributed by atoms with van der Waals surface area (Å²) in [6.07, 6.45) is 11.0. The lowest BCUT2D eigenvalue weighted by Crippen LogP contribution is -2.26. The molecule has 170 valence electrons. The molecule has 3 unspecified atom stereocenters. The van der Waals surface area contributed by atoms with E-state index in [4.69, 9.17) is 0 Å². The van der Waals surface area contributed by atoms with Crippen LogP contribution in [0.25, 0.3) is 0 Å². The van der Waals surface area contributed by atoms with Gasteiger partial charge in [0.15, 0.2) is 0 Å². The van der Waals surface area contributed by atoms with E-state index in [1.54, 1.807) is 0 Å². The summed E-state index contributed by atoms with van der Waals surface area (Å²) < 4.78 is 62.3. The lowest BCUT2D eigenvalue weighted by atomic mass is 9.91. The van der Waals surface area contributed by atoms with Crippen LogP contribution in [-0.4, -0.2) is 20.5 Å². The maximum Gasteiger partial charge on any atom is 0.523 e. The van der Waals surface area contributed by atoms with Crippen LogP contribution < -0.4 is 0 Å². The highest BCUT2D eigenvalue weighted by Gasteiger charge is 2.47. The van der Waals surface area contributed by atoms with Crippen molar-refractivity contribution in [2.45, 2.75) is 104 Å². The molecule has 0 aliphatic carbocycles. The summed E-state index contributed by atoms with van der Waals surface area (Å²) in [7, 11) is -5.46. The highest BCUT2D eigenvalue weighted by molar-refractivity contribution is 7.87. The average Bonchev–Trinajstić information content (AvgIpc) is 2.53. The molecule has 0 fully saturated rings. The van der Waals surface area contributed by atoms with Crippen molar-refractivity contribution in [1.82, 2.24) is 0 Å². The number of hydrogen-bond donors (Lipinski definition) is 0. The van der Waals surface area contributed by atoms with Crippen LogP contribution in [0.4, 0.5) is 13.2 Å². The summed E-state index contributed by atoms with van der Waals surface area (Å²) in [6.45, 7) is 10.6. The molecule has 0 N–H and O–H groups in total. The largest absolute Gasteiger partial charge is 0.523 e. The molecule has 0 radical (unpaired) electrons. The Labute approximate surface area is 170 Å². The maximum atomic E-state index is 12.2. The Morgan fingerprint density at radius 3 is 1.39 bits per heavy atom. The standard InChI is InChI=1S/C21H41F3O3S/c1-17(2)9-6-10-18(3)11-7-12-19(4)13-8-14-20(5)15-16-27-28(25,26)21(22,23)24/h17-20H,6-16H2,1-5H3. The van der Waals surface area contributed by atoms with E-state index >= 15 is 0 Å². The molecular weight excluding hydrogens is 389 g/mol. The molecule has 28 heavy (non-hydrogen) atoms. The van der Waals surface area contributed by atoms with Gasteiger partial charge >= 0.3 is 15.6 Å². The van der Waals surface area contributed by atoms with Crippen LogP contribution in [0, 0.1) is 23.7 Å². The molecule has 7 heteroatoms. The van der Waals surface area contributed by atoms with Gasteiger partial charge in [-0.25, -0.2) is 0 Å². The fourth-order valence-corrected chi connectivity index (χ4v) is 3.81. The summed E-state index contributed by atoms with van der Waals surface area (Å²) in [5.74, 6) is 2.38. The summed E-state index contributed by atoms with van der Waals surface area (Å²) in [5, 5.41) is 0. The number of halogens is 3. The lowest BCUT2D eigenvalue weighted by molar-refractivity contribution is -0.0544. The Bertz CT molecular complexity index is 490. The van der Waals surface area contributed by atoms with Gasteiger partial charge in [-0.3, -0.25) is 4.18 Å². The van der Waals surface area contributed by atoms with Gasteiger partial charge in [-0.05, 0) is 30.1 Å². The molecule has 0 aliphatic rings.